The molecule has 5 nitrogen and oxygen atoms in total. The Morgan fingerprint density at radius 3 is 2.81 bits per heavy atom. The maximum atomic E-state index is 12.1. The minimum Gasteiger partial charge on any atom is -0.385 e. The second kappa shape index (κ2) is 7.08. The molecule has 6 heteroatoms. The van der Waals surface area contributed by atoms with Crippen molar-refractivity contribution in [1.29, 1.82) is 0 Å². The van der Waals surface area contributed by atoms with Crippen LogP contribution in [0.2, 0.25) is 0 Å². The molecule has 0 aliphatic carbocycles. The van der Waals surface area contributed by atoms with Crippen LogP contribution < -0.4 is 15.5 Å². The lowest BCUT2D eigenvalue weighted by atomic mass is 10.1. The van der Waals surface area contributed by atoms with Crippen molar-refractivity contribution >= 4 is 22.9 Å². The molecule has 0 radical (unpaired) electrons. The van der Waals surface area contributed by atoms with E-state index in [1.54, 1.807) is 11.4 Å². The first-order chi connectivity index (χ1) is 10.1. The van der Waals surface area contributed by atoms with Crippen molar-refractivity contribution in [3.8, 4) is 0 Å². The summed E-state index contributed by atoms with van der Waals surface area (Å²) >= 11 is 1.09. The van der Waals surface area contributed by atoms with E-state index in [0.29, 0.717) is 12.1 Å². The summed E-state index contributed by atoms with van der Waals surface area (Å²) in [7, 11) is 0. The molecule has 1 aromatic carbocycles. The number of nitrogens with one attached hydrogen (secondary N) is 3. The zero-order valence-corrected chi connectivity index (χ0v) is 13.0. The van der Waals surface area contributed by atoms with Crippen LogP contribution >= 0.6 is 11.3 Å². The van der Waals surface area contributed by atoms with Crippen LogP contribution in [0.15, 0.2) is 28.4 Å². The number of aromatic amines is 1. The van der Waals surface area contributed by atoms with Crippen molar-refractivity contribution < 1.29 is 4.79 Å². The van der Waals surface area contributed by atoms with E-state index in [1.165, 1.54) is 0 Å². The maximum Gasteiger partial charge on any atom is 0.304 e. The summed E-state index contributed by atoms with van der Waals surface area (Å²) in [6.07, 6.45) is 1.06. The van der Waals surface area contributed by atoms with Gasteiger partial charge in [0.25, 0.3) is 5.91 Å². The molecule has 2 rings (SSSR count). The average Bonchev–Trinajstić information content (AvgIpc) is 2.89. The van der Waals surface area contributed by atoms with Crippen molar-refractivity contribution in [1.82, 2.24) is 10.3 Å². The number of amides is 1. The fraction of sp³-hybridized carbons (Fsp3) is 0.333. The Hall–Kier alpha value is -2.08. The molecule has 0 saturated heterocycles. The number of aromatic nitrogens is 1. The predicted octanol–water partition coefficient (Wildman–Crippen LogP) is 2.50. The van der Waals surface area contributed by atoms with Crippen molar-refractivity contribution in [3.63, 3.8) is 0 Å². The molecule has 2 aromatic rings. The number of carbonyl (C=O) groups is 1. The number of carbonyl (C=O) groups excluding carboxylic acids is 1. The van der Waals surface area contributed by atoms with Crippen LogP contribution in [0.3, 0.4) is 0 Å². The third-order valence-electron chi connectivity index (χ3n) is 3.06. The van der Waals surface area contributed by atoms with Gasteiger partial charge in [-0.3, -0.25) is 9.59 Å². The zero-order chi connectivity index (χ0) is 15.2. The number of hydrogen-bond donors (Lipinski definition) is 3. The van der Waals surface area contributed by atoms with Crippen LogP contribution in [-0.2, 0) is 6.54 Å². The third kappa shape index (κ3) is 4.19. The van der Waals surface area contributed by atoms with Crippen LogP contribution in [-0.4, -0.2) is 17.4 Å². The van der Waals surface area contributed by atoms with E-state index < -0.39 is 0 Å². The van der Waals surface area contributed by atoms with Gasteiger partial charge in [0.2, 0.25) is 0 Å². The first kappa shape index (κ1) is 15.3. The maximum absolute atomic E-state index is 12.1. The minimum absolute atomic E-state index is 0.110. The lowest BCUT2D eigenvalue weighted by molar-refractivity contribution is 0.0950. The fourth-order valence-electron chi connectivity index (χ4n) is 1.94. The summed E-state index contributed by atoms with van der Waals surface area (Å²) in [4.78, 5) is 25.7. The van der Waals surface area contributed by atoms with Crippen molar-refractivity contribution in [2.75, 3.05) is 11.9 Å². The van der Waals surface area contributed by atoms with Gasteiger partial charge in [0.15, 0.2) is 0 Å². The van der Waals surface area contributed by atoms with Crippen LogP contribution in [0.5, 0.6) is 0 Å². The molecular weight excluding hydrogens is 286 g/mol. The Balaban J connectivity index is 1.99. The molecule has 112 valence electrons. The van der Waals surface area contributed by atoms with E-state index in [1.807, 2.05) is 19.1 Å². The van der Waals surface area contributed by atoms with Gasteiger partial charge in [-0.05, 0) is 37.1 Å². The second-order valence-electron chi connectivity index (χ2n) is 4.81. The second-order valence-corrected chi connectivity index (χ2v) is 5.65. The molecule has 1 aromatic heterocycles. The van der Waals surface area contributed by atoms with Crippen LogP contribution in [0.25, 0.3) is 0 Å². The van der Waals surface area contributed by atoms with Crippen molar-refractivity contribution in [2.45, 2.75) is 26.8 Å². The summed E-state index contributed by atoms with van der Waals surface area (Å²) < 4.78 is 0. The summed E-state index contributed by atoms with van der Waals surface area (Å²) in [5, 5.41) is 7.83. The van der Waals surface area contributed by atoms with E-state index in [0.717, 1.165) is 41.2 Å². The predicted molar refractivity (Wildman–Crippen MR) is 86.1 cm³/mol. The molecular formula is C15H19N3O2S. The van der Waals surface area contributed by atoms with Gasteiger partial charge in [0, 0.05) is 28.9 Å². The van der Waals surface area contributed by atoms with E-state index in [9.17, 15) is 9.59 Å². The number of anilines is 1. The molecule has 0 atom stereocenters. The van der Waals surface area contributed by atoms with Crippen LogP contribution in [0.4, 0.5) is 5.69 Å². The van der Waals surface area contributed by atoms with Gasteiger partial charge in [-0.2, -0.15) is 0 Å². The Labute approximate surface area is 127 Å². The molecule has 0 fully saturated rings. The Kier molecular flexibility index (Phi) is 5.16. The lowest BCUT2D eigenvalue weighted by Gasteiger charge is -2.10. The van der Waals surface area contributed by atoms with E-state index in [2.05, 4.69) is 22.5 Å². The molecule has 0 bridgehead atoms. The molecule has 0 unspecified atom stereocenters. The topological polar surface area (TPSA) is 74.0 Å². The van der Waals surface area contributed by atoms with Crippen molar-refractivity contribution in [2.24, 2.45) is 0 Å². The Morgan fingerprint density at radius 2 is 2.19 bits per heavy atom. The molecule has 0 saturated carbocycles. The number of hydrogen-bond acceptors (Lipinski definition) is 4. The number of H-pyrrole nitrogens is 1. The highest BCUT2D eigenvalue weighted by molar-refractivity contribution is 7.07. The Morgan fingerprint density at radius 1 is 1.38 bits per heavy atom. The third-order valence-corrected chi connectivity index (χ3v) is 3.78. The quantitative estimate of drug-likeness (QED) is 0.767. The standard InChI is InChI=1S/C15H19N3O2S/c1-3-6-16-13-5-4-11(7-10(13)2)14(19)17-8-12-9-21-15(20)18-12/h4-5,7,9,16H,3,6,8H2,1-2H3,(H,17,19)(H,18,20). The first-order valence-electron chi connectivity index (χ1n) is 6.89. The molecule has 0 aliphatic rings. The number of benzene rings is 1. The molecule has 1 heterocycles. The SMILES string of the molecule is CCCNc1ccc(C(=O)NCc2csc(=O)[nH]2)cc1C. The zero-order valence-electron chi connectivity index (χ0n) is 12.2. The van der Waals surface area contributed by atoms with E-state index in [4.69, 9.17) is 0 Å². The lowest BCUT2D eigenvalue weighted by Crippen LogP contribution is -2.23. The van der Waals surface area contributed by atoms with Gasteiger partial charge in [-0.25, -0.2) is 0 Å². The number of rotatable bonds is 6. The van der Waals surface area contributed by atoms with Crippen LogP contribution in [0.1, 0.15) is 35.0 Å². The number of aryl methyl sites for hydroxylation is 1. The van der Waals surface area contributed by atoms with E-state index >= 15 is 0 Å². The highest BCUT2D eigenvalue weighted by Gasteiger charge is 2.08. The first-order valence-corrected chi connectivity index (χ1v) is 7.77. The van der Waals surface area contributed by atoms with Gasteiger partial charge in [0.1, 0.15) is 0 Å². The molecule has 3 N–H and O–H groups in total. The normalized spacial score (nSPS) is 10.4. The highest BCUT2D eigenvalue weighted by atomic mass is 32.1. The van der Waals surface area contributed by atoms with Gasteiger partial charge >= 0.3 is 4.87 Å². The molecule has 0 spiro atoms. The van der Waals surface area contributed by atoms with Crippen LogP contribution in [0, 0.1) is 6.92 Å². The minimum atomic E-state index is -0.146. The van der Waals surface area contributed by atoms with E-state index in [-0.39, 0.29) is 10.8 Å². The molecule has 21 heavy (non-hydrogen) atoms. The average molecular weight is 305 g/mol. The van der Waals surface area contributed by atoms with Gasteiger partial charge in [-0.15, -0.1) is 0 Å². The van der Waals surface area contributed by atoms with Gasteiger partial charge in [0.05, 0.1) is 6.54 Å². The van der Waals surface area contributed by atoms with Crippen molar-refractivity contribution in [3.05, 3.63) is 50.1 Å². The monoisotopic (exact) mass is 305 g/mol. The fourth-order valence-corrected chi connectivity index (χ4v) is 2.52. The summed E-state index contributed by atoms with van der Waals surface area (Å²) in [6, 6.07) is 5.59. The summed E-state index contributed by atoms with van der Waals surface area (Å²) in [6.45, 7) is 5.33. The Bertz CT molecular complexity index is 676. The van der Waals surface area contributed by atoms with Gasteiger partial charge < -0.3 is 15.6 Å². The molecule has 1 amide bonds. The smallest absolute Gasteiger partial charge is 0.304 e. The number of thiazole rings is 1. The summed E-state index contributed by atoms with van der Waals surface area (Å²) in [5.41, 5.74) is 3.43. The highest BCUT2D eigenvalue weighted by Crippen LogP contribution is 2.16. The van der Waals surface area contributed by atoms with Gasteiger partial charge in [-0.1, -0.05) is 18.3 Å². The molecule has 0 aliphatic heterocycles. The largest absolute Gasteiger partial charge is 0.385 e. The summed E-state index contributed by atoms with van der Waals surface area (Å²) in [5.74, 6) is -0.146.